The average molecular weight is 357 g/mol. The van der Waals surface area contributed by atoms with Crippen LogP contribution < -0.4 is 5.32 Å². The summed E-state index contributed by atoms with van der Waals surface area (Å²) in [6.07, 6.45) is 7.99. The van der Waals surface area contributed by atoms with Crippen molar-refractivity contribution in [3.8, 4) is 17.0 Å². The van der Waals surface area contributed by atoms with E-state index in [1.165, 1.54) is 12.8 Å². The summed E-state index contributed by atoms with van der Waals surface area (Å²) >= 11 is 0. The Morgan fingerprint density at radius 3 is 2.85 bits per heavy atom. The number of H-pyrrole nitrogens is 1. The molecule has 0 spiro atoms. The minimum Gasteiger partial charge on any atom is -0.492 e. The Morgan fingerprint density at radius 2 is 2.04 bits per heavy atom. The molecule has 0 bridgehead atoms. The van der Waals surface area contributed by atoms with Crippen molar-refractivity contribution in [2.24, 2.45) is 10.9 Å². The minimum absolute atomic E-state index is 0.0187. The van der Waals surface area contributed by atoms with Gasteiger partial charge in [-0.25, -0.2) is 9.98 Å². The number of hydrogen-bond donors (Lipinski definition) is 3. The van der Waals surface area contributed by atoms with Gasteiger partial charge in [-0.1, -0.05) is 30.3 Å². The maximum absolute atomic E-state index is 10.2. The minimum atomic E-state index is -0.0187. The highest BCUT2D eigenvalue weighted by molar-refractivity contribution is 6.21. The third kappa shape index (κ3) is 3.21. The number of rotatable bonds is 5. The van der Waals surface area contributed by atoms with Crippen molar-refractivity contribution in [3.63, 3.8) is 0 Å². The van der Waals surface area contributed by atoms with Gasteiger partial charge in [0.15, 0.2) is 5.82 Å². The molecule has 1 saturated carbocycles. The molecule has 1 aromatic carbocycles. The summed E-state index contributed by atoms with van der Waals surface area (Å²) in [6, 6.07) is 12.2. The van der Waals surface area contributed by atoms with E-state index in [2.05, 4.69) is 43.5 Å². The Kier molecular flexibility index (Phi) is 3.74. The van der Waals surface area contributed by atoms with Gasteiger partial charge in [0.2, 0.25) is 11.8 Å². The molecule has 0 saturated heterocycles. The lowest BCUT2D eigenvalue weighted by Gasteiger charge is -2.04. The summed E-state index contributed by atoms with van der Waals surface area (Å²) in [5.41, 5.74) is 4.54. The van der Waals surface area contributed by atoms with Crippen LogP contribution in [0.1, 0.15) is 24.1 Å². The van der Waals surface area contributed by atoms with E-state index in [0.717, 1.165) is 34.7 Å². The largest absolute Gasteiger partial charge is 0.492 e. The molecule has 0 radical (unpaired) electrons. The molecule has 5 rings (SSSR count). The lowest BCUT2D eigenvalue weighted by Crippen LogP contribution is -2.04. The summed E-state index contributed by atoms with van der Waals surface area (Å²) in [7, 11) is 0. The molecule has 134 valence electrons. The van der Waals surface area contributed by atoms with E-state index >= 15 is 0 Å². The van der Waals surface area contributed by atoms with Crippen LogP contribution in [0.2, 0.25) is 0 Å². The molecule has 2 aliphatic rings. The van der Waals surface area contributed by atoms with Gasteiger partial charge >= 0.3 is 0 Å². The zero-order chi connectivity index (χ0) is 18.2. The lowest BCUT2D eigenvalue weighted by molar-refractivity contribution is 0.455. The van der Waals surface area contributed by atoms with Crippen molar-refractivity contribution in [1.82, 2.24) is 15.0 Å². The maximum atomic E-state index is 10.2. The number of imidazole rings is 1. The average Bonchev–Trinajstić information content (AvgIpc) is 3.36. The fraction of sp³-hybridized carbons (Fsp3) is 0.190. The number of benzene rings is 1. The zero-order valence-corrected chi connectivity index (χ0v) is 14.7. The van der Waals surface area contributed by atoms with Gasteiger partial charge < -0.3 is 15.4 Å². The Bertz CT molecular complexity index is 1050. The Labute approximate surface area is 156 Å². The number of aromatic amines is 1. The number of nitrogens with one attached hydrogen (secondary N) is 2. The first-order valence-corrected chi connectivity index (χ1v) is 9.11. The van der Waals surface area contributed by atoms with E-state index in [4.69, 9.17) is 0 Å². The highest BCUT2D eigenvalue weighted by Crippen LogP contribution is 2.35. The van der Waals surface area contributed by atoms with E-state index in [0.29, 0.717) is 17.5 Å². The van der Waals surface area contributed by atoms with E-state index in [1.54, 1.807) is 6.21 Å². The van der Waals surface area contributed by atoms with E-state index < -0.39 is 0 Å². The number of aromatic nitrogens is 3. The predicted molar refractivity (Wildman–Crippen MR) is 107 cm³/mol. The van der Waals surface area contributed by atoms with Gasteiger partial charge in [0, 0.05) is 35.7 Å². The van der Waals surface area contributed by atoms with Crippen LogP contribution >= 0.6 is 0 Å². The first-order valence-electron chi connectivity index (χ1n) is 9.11. The van der Waals surface area contributed by atoms with Crippen molar-refractivity contribution in [2.75, 3.05) is 11.9 Å². The lowest BCUT2D eigenvalue weighted by atomic mass is 10.0. The normalized spacial score (nSPS) is 16.7. The molecule has 6 heteroatoms. The molecule has 0 amide bonds. The van der Waals surface area contributed by atoms with Gasteiger partial charge in [-0.05, 0) is 36.5 Å². The quantitative estimate of drug-likeness (QED) is 0.637. The number of hydrogen-bond acceptors (Lipinski definition) is 5. The van der Waals surface area contributed by atoms with Crippen molar-refractivity contribution in [2.45, 2.75) is 12.8 Å². The van der Waals surface area contributed by atoms with Crippen LogP contribution in [0.5, 0.6) is 5.88 Å². The molecule has 27 heavy (non-hydrogen) atoms. The van der Waals surface area contributed by atoms with Gasteiger partial charge in [0.1, 0.15) is 5.69 Å². The molecule has 1 aliphatic carbocycles. The number of allylic oxidation sites excluding steroid dienone is 1. The first-order chi connectivity index (χ1) is 13.3. The Balaban J connectivity index is 1.45. The molecule has 1 aliphatic heterocycles. The second kappa shape index (κ2) is 6.39. The maximum Gasteiger partial charge on any atom is 0.238 e. The van der Waals surface area contributed by atoms with Crippen LogP contribution in [-0.2, 0) is 0 Å². The van der Waals surface area contributed by atoms with E-state index in [-0.39, 0.29) is 5.88 Å². The highest BCUT2D eigenvalue weighted by atomic mass is 16.3. The predicted octanol–water partition coefficient (Wildman–Crippen LogP) is 4.26. The molecule has 1 fully saturated rings. The van der Waals surface area contributed by atoms with Crippen molar-refractivity contribution in [3.05, 3.63) is 53.9 Å². The molecule has 6 nitrogen and oxygen atoms in total. The molecule has 3 aromatic rings. The van der Waals surface area contributed by atoms with Crippen LogP contribution in [0.4, 0.5) is 11.8 Å². The van der Waals surface area contributed by atoms with Gasteiger partial charge in [-0.3, -0.25) is 0 Å². The van der Waals surface area contributed by atoms with E-state index in [9.17, 15) is 5.11 Å². The fourth-order valence-electron chi connectivity index (χ4n) is 3.16. The number of fused-ring (bicyclic) bond motifs is 1. The van der Waals surface area contributed by atoms with Crippen molar-refractivity contribution in [1.29, 1.82) is 0 Å². The second-order valence-corrected chi connectivity index (χ2v) is 6.97. The topological polar surface area (TPSA) is 86.2 Å². The van der Waals surface area contributed by atoms with Gasteiger partial charge in [-0.15, -0.1) is 0 Å². The molecule has 0 unspecified atom stereocenters. The highest BCUT2D eigenvalue weighted by Gasteiger charge is 2.21. The van der Waals surface area contributed by atoms with Crippen LogP contribution in [-0.4, -0.2) is 32.8 Å². The Morgan fingerprint density at radius 1 is 1.19 bits per heavy atom. The number of pyridine rings is 1. The molecule has 2 aromatic heterocycles. The second-order valence-electron chi connectivity index (χ2n) is 6.97. The van der Waals surface area contributed by atoms with Crippen LogP contribution in [0.15, 0.2) is 47.6 Å². The number of aromatic hydroxyl groups is 1. The third-order valence-corrected chi connectivity index (χ3v) is 4.88. The Hall–Kier alpha value is -3.41. The molecule has 3 heterocycles. The zero-order valence-electron chi connectivity index (χ0n) is 14.7. The summed E-state index contributed by atoms with van der Waals surface area (Å²) in [5, 5.41) is 13.4. The van der Waals surface area contributed by atoms with Crippen LogP contribution in [0, 0.1) is 5.92 Å². The fourth-order valence-corrected chi connectivity index (χ4v) is 3.16. The number of anilines is 1. The van der Waals surface area contributed by atoms with Crippen molar-refractivity contribution >= 4 is 29.6 Å². The first kappa shape index (κ1) is 15.8. The summed E-state index contributed by atoms with van der Waals surface area (Å²) in [5.74, 6) is 2.00. The van der Waals surface area contributed by atoms with Gasteiger partial charge in [0.25, 0.3) is 0 Å². The number of aliphatic imine (C=N–C) groups is 1. The van der Waals surface area contributed by atoms with Crippen molar-refractivity contribution < 1.29 is 5.11 Å². The molecule has 0 atom stereocenters. The van der Waals surface area contributed by atoms with Gasteiger partial charge in [-0.2, -0.15) is 4.98 Å². The van der Waals surface area contributed by atoms with Gasteiger partial charge in [0.05, 0.1) is 0 Å². The smallest absolute Gasteiger partial charge is 0.238 e. The molecule has 3 N–H and O–H groups in total. The summed E-state index contributed by atoms with van der Waals surface area (Å²) < 4.78 is 0. The summed E-state index contributed by atoms with van der Waals surface area (Å²) in [4.78, 5) is 16.1. The molecular weight excluding hydrogens is 338 g/mol. The third-order valence-electron chi connectivity index (χ3n) is 4.88. The molecular formula is C21H19N5O. The monoisotopic (exact) mass is 357 g/mol. The summed E-state index contributed by atoms with van der Waals surface area (Å²) in [6.45, 7) is 0.887. The van der Waals surface area contributed by atoms with Crippen LogP contribution in [0.25, 0.3) is 22.8 Å². The van der Waals surface area contributed by atoms with E-state index in [1.807, 2.05) is 30.5 Å². The standard InChI is InChI=1S/C21H19N5O/c27-20-18(25-21(26-20)24-10-13-6-7-13)9-16-12-23-19-17(16)8-15(11-22-19)14-4-2-1-3-5-14/h1-5,8-9,11-13,27H,6-7,10H2,(H2,24,25,26). The van der Waals surface area contributed by atoms with Crippen LogP contribution in [0.3, 0.4) is 0 Å². The number of nitrogens with zero attached hydrogens (tertiary/aromatic N) is 3. The SMILES string of the molecule is Oc1nc(NCC2CC2)[nH]c1C=C1C=Nc2ncc(-c3ccccc3)cc21.